The van der Waals surface area contributed by atoms with E-state index in [0.717, 1.165) is 10.9 Å². The van der Waals surface area contributed by atoms with Gasteiger partial charge in [0.1, 0.15) is 6.61 Å². The van der Waals surface area contributed by atoms with Gasteiger partial charge in [-0.25, -0.2) is 4.79 Å². The molecule has 0 saturated heterocycles. The van der Waals surface area contributed by atoms with E-state index in [1.165, 1.54) is 18.2 Å². The number of primary amides is 1. The number of hydrogen-bond donors (Lipinski definition) is 1. The SMILES string of the molecule is NC(=O)c1cn(CCOC(=O)c2ccc(Cl)c(Cl)c2)nc1[N+](=O)[O-]. The second-order valence-electron chi connectivity index (χ2n) is 4.52. The molecule has 126 valence electrons. The van der Waals surface area contributed by atoms with Gasteiger partial charge < -0.3 is 20.6 Å². The zero-order valence-electron chi connectivity index (χ0n) is 11.9. The predicted molar refractivity (Wildman–Crippen MR) is 84.1 cm³/mol. The highest BCUT2D eigenvalue weighted by Crippen LogP contribution is 2.23. The van der Waals surface area contributed by atoms with E-state index in [-0.39, 0.29) is 29.3 Å². The molecule has 24 heavy (non-hydrogen) atoms. The fourth-order valence-corrected chi connectivity index (χ4v) is 2.07. The average Bonchev–Trinajstić information content (AvgIpc) is 2.94. The minimum Gasteiger partial charge on any atom is -0.460 e. The van der Waals surface area contributed by atoms with Crippen molar-refractivity contribution in [2.24, 2.45) is 5.73 Å². The number of rotatable bonds is 6. The van der Waals surface area contributed by atoms with E-state index in [2.05, 4.69) is 5.10 Å². The van der Waals surface area contributed by atoms with Crippen molar-refractivity contribution in [2.75, 3.05) is 6.61 Å². The van der Waals surface area contributed by atoms with Crippen LogP contribution in [0, 0.1) is 10.1 Å². The van der Waals surface area contributed by atoms with Gasteiger partial charge in [-0.2, -0.15) is 4.68 Å². The first kappa shape index (κ1) is 17.7. The van der Waals surface area contributed by atoms with Gasteiger partial charge in [-0.3, -0.25) is 4.79 Å². The Balaban J connectivity index is 2.00. The molecule has 1 amide bonds. The summed E-state index contributed by atoms with van der Waals surface area (Å²) in [7, 11) is 0. The highest BCUT2D eigenvalue weighted by atomic mass is 35.5. The van der Waals surface area contributed by atoms with Crippen molar-refractivity contribution in [3.8, 4) is 0 Å². The van der Waals surface area contributed by atoms with Gasteiger partial charge in [0.2, 0.25) is 0 Å². The molecule has 2 aromatic rings. The summed E-state index contributed by atoms with van der Waals surface area (Å²) in [6.07, 6.45) is 1.12. The Morgan fingerprint density at radius 3 is 2.58 bits per heavy atom. The maximum atomic E-state index is 11.9. The van der Waals surface area contributed by atoms with Crippen LogP contribution in [0.3, 0.4) is 0 Å². The first-order valence-electron chi connectivity index (χ1n) is 6.43. The van der Waals surface area contributed by atoms with Gasteiger partial charge in [-0.05, 0) is 23.1 Å². The van der Waals surface area contributed by atoms with Gasteiger partial charge in [0.05, 0.1) is 33.4 Å². The normalized spacial score (nSPS) is 10.4. The number of benzene rings is 1. The molecule has 1 aromatic carbocycles. The van der Waals surface area contributed by atoms with Crippen LogP contribution in [-0.2, 0) is 11.3 Å². The molecule has 0 aliphatic rings. The number of aromatic nitrogens is 2. The zero-order chi connectivity index (χ0) is 17.9. The van der Waals surface area contributed by atoms with E-state index < -0.39 is 22.6 Å². The highest BCUT2D eigenvalue weighted by molar-refractivity contribution is 6.42. The van der Waals surface area contributed by atoms with Crippen molar-refractivity contribution in [1.82, 2.24) is 9.78 Å². The largest absolute Gasteiger partial charge is 0.460 e. The number of esters is 1. The molecule has 0 fully saturated rings. The van der Waals surface area contributed by atoms with E-state index >= 15 is 0 Å². The second kappa shape index (κ2) is 7.28. The fourth-order valence-electron chi connectivity index (χ4n) is 1.77. The molecule has 2 N–H and O–H groups in total. The van der Waals surface area contributed by atoms with Gasteiger partial charge in [0, 0.05) is 0 Å². The van der Waals surface area contributed by atoms with Gasteiger partial charge in [0.25, 0.3) is 5.91 Å². The summed E-state index contributed by atoms with van der Waals surface area (Å²) in [5.74, 6) is -2.27. The first-order valence-corrected chi connectivity index (χ1v) is 7.19. The molecular formula is C13H10Cl2N4O5. The smallest absolute Gasteiger partial charge is 0.402 e. The van der Waals surface area contributed by atoms with Crippen LogP contribution in [0.25, 0.3) is 0 Å². The molecule has 0 radical (unpaired) electrons. The summed E-state index contributed by atoms with van der Waals surface area (Å²) >= 11 is 11.6. The monoisotopic (exact) mass is 372 g/mol. The van der Waals surface area contributed by atoms with Gasteiger partial charge >= 0.3 is 11.8 Å². The molecule has 0 unspecified atom stereocenters. The van der Waals surface area contributed by atoms with Crippen molar-refractivity contribution in [1.29, 1.82) is 0 Å². The summed E-state index contributed by atoms with van der Waals surface area (Å²) < 4.78 is 6.11. The van der Waals surface area contributed by atoms with Crippen LogP contribution in [-0.4, -0.2) is 33.2 Å². The van der Waals surface area contributed by atoms with Crippen molar-refractivity contribution in [3.63, 3.8) is 0 Å². The number of nitro groups is 1. The fraction of sp³-hybridized carbons (Fsp3) is 0.154. The van der Waals surface area contributed by atoms with E-state index in [9.17, 15) is 19.7 Å². The summed E-state index contributed by atoms with van der Waals surface area (Å²) in [5, 5.41) is 14.9. The van der Waals surface area contributed by atoms with Gasteiger partial charge in [-0.15, -0.1) is 0 Å². The lowest BCUT2D eigenvalue weighted by atomic mass is 10.2. The standard InChI is InChI=1S/C13H10Cl2N4O5/c14-9-2-1-7(5-10(9)15)13(21)24-4-3-18-6-8(11(16)20)12(17-18)19(22)23/h1-2,5-6H,3-4H2,(H2,16,20). The molecular weight excluding hydrogens is 363 g/mol. The molecule has 1 aromatic heterocycles. The van der Waals surface area contributed by atoms with Gasteiger partial charge in [-0.1, -0.05) is 23.2 Å². The Hall–Kier alpha value is -2.65. The van der Waals surface area contributed by atoms with Crippen LogP contribution < -0.4 is 5.73 Å². The molecule has 0 bridgehead atoms. The van der Waals surface area contributed by atoms with Crippen LogP contribution in [0.4, 0.5) is 5.82 Å². The quantitative estimate of drug-likeness (QED) is 0.469. The Kier molecular flexibility index (Phi) is 5.37. The zero-order valence-corrected chi connectivity index (χ0v) is 13.5. The van der Waals surface area contributed by atoms with E-state index in [4.69, 9.17) is 33.7 Å². The molecule has 0 atom stereocenters. The predicted octanol–water partition coefficient (Wildman–Crippen LogP) is 2.05. The Labute approximate surface area is 145 Å². The average molecular weight is 373 g/mol. The number of amides is 1. The third-order valence-electron chi connectivity index (χ3n) is 2.89. The molecule has 0 aliphatic carbocycles. The van der Waals surface area contributed by atoms with Crippen LogP contribution in [0.15, 0.2) is 24.4 Å². The van der Waals surface area contributed by atoms with Crippen molar-refractivity contribution < 1.29 is 19.2 Å². The number of nitrogens with two attached hydrogens (primary N) is 1. The molecule has 0 saturated carbocycles. The van der Waals surface area contributed by atoms with E-state index in [0.29, 0.717) is 5.02 Å². The minimum atomic E-state index is -0.972. The topological polar surface area (TPSA) is 130 Å². The third kappa shape index (κ3) is 4.00. The molecule has 2 rings (SSSR count). The lowest BCUT2D eigenvalue weighted by molar-refractivity contribution is -0.390. The molecule has 1 heterocycles. The Bertz CT molecular complexity index is 789. The molecule has 11 heteroatoms. The van der Waals surface area contributed by atoms with Gasteiger partial charge in [0.15, 0.2) is 5.56 Å². The number of hydrogen-bond acceptors (Lipinski definition) is 6. The Morgan fingerprint density at radius 1 is 1.33 bits per heavy atom. The van der Waals surface area contributed by atoms with Crippen LogP contribution >= 0.6 is 23.2 Å². The van der Waals surface area contributed by atoms with E-state index in [1.54, 1.807) is 0 Å². The molecule has 9 nitrogen and oxygen atoms in total. The maximum absolute atomic E-state index is 11.9. The lowest BCUT2D eigenvalue weighted by Gasteiger charge is -2.04. The summed E-state index contributed by atoms with van der Waals surface area (Å²) in [6.45, 7) is -0.128. The number of carbonyl (C=O) groups excluding carboxylic acids is 2. The summed E-state index contributed by atoms with van der Waals surface area (Å²) in [4.78, 5) is 32.9. The summed E-state index contributed by atoms with van der Waals surface area (Å²) in [5.41, 5.74) is 4.92. The molecule has 0 aliphatic heterocycles. The highest BCUT2D eigenvalue weighted by Gasteiger charge is 2.24. The maximum Gasteiger partial charge on any atom is 0.402 e. The van der Waals surface area contributed by atoms with Crippen LogP contribution in [0.2, 0.25) is 10.0 Å². The van der Waals surface area contributed by atoms with Crippen LogP contribution in [0.1, 0.15) is 20.7 Å². The van der Waals surface area contributed by atoms with Crippen molar-refractivity contribution >= 4 is 40.9 Å². The number of ether oxygens (including phenoxy) is 1. The van der Waals surface area contributed by atoms with Crippen molar-refractivity contribution in [2.45, 2.75) is 6.54 Å². The number of carbonyl (C=O) groups is 2. The third-order valence-corrected chi connectivity index (χ3v) is 3.63. The first-order chi connectivity index (χ1) is 11.3. The molecule has 0 spiro atoms. The van der Waals surface area contributed by atoms with E-state index in [1.807, 2.05) is 0 Å². The number of nitrogens with zero attached hydrogens (tertiary/aromatic N) is 3. The lowest BCUT2D eigenvalue weighted by Crippen LogP contribution is -2.12. The minimum absolute atomic E-state index is 0.00117. The second-order valence-corrected chi connectivity index (χ2v) is 5.33. The summed E-state index contributed by atoms with van der Waals surface area (Å²) in [6, 6.07) is 4.26. The Morgan fingerprint density at radius 2 is 2.04 bits per heavy atom. The number of halogens is 2. The van der Waals surface area contributed by atoms with Crippen LogP contribution in [0.5, 0.6) is 0 Å². The van der Waals surface area contributed by atoms with Crippen molar-refractivity contribution in [3.05, 3.63) is 55.7 Å².